The van der Waals surface area contributed by atoms with Gasteiger partial charge in [0.1, 0.15) is 5.75 Å². The summed E-state index contributed by atoms with van der Waals surface area (Å²) in [5.74, 6) is 0.285. The summed E-state index contributed by atoms with van der Waals surface area (Å²) in [6, 6.07) is 22.5. The average molecular weight is 479 g/mol. The highest BCUT2D eigenvalue weighted by atomic mass is 35.5. The van der Waals surface area contributed by atoms with Crippen molar-refractivity contribution in [3.63, 3.8) is 0 Å². The fourth-order valence-electron chi connectivity index (χ4n) is 5.01. The predicted molar refractivity (Wildman–Crippen MR) is 143 cm³/mol. The number of aromatic hydroxyl groups is 1. The van der Waals surface area contributed by atoms with Crippen molar-refractivity contribution in [2.24, 2.45) is 0 Å². The van der Waals surface area contributed by atoms with E-state index in [0.717, 1.165) is 38.2 Å². The average Bonchev–Trinajstić information content (AvgIpc) is 2.81. The number of hydrogen-bond acceptors (Lipinski definition) is 5. The number of anilines is 2. The predicted octanol–water partition coefficient (Wildman–Crippen LogP) is 5.58. The van der Waals surface area contributed by atoms with E-state index in [1.165, 1.54) is 22.5 Å². The number of hydrogen-bond donors (Lipinski definition) is 1. The molecule has 0 amide bonds. The summed E-state index contributed by atoms with van der Waals surface area (Å²) in [6.07, 6.45) is 0.976. The molecule has 1 aliphatic rings. The number of halogens is 1. The number of phenolic OH excluding ortho intramolecular Hbond substituents is 1. The number of benzene rings is 3. The smallest absolute Gasteiger partial charge is 0.121 e. The van der Waals surface area contributed by atoms with Crippen LogP contribution >= 0.6 is 11.6 Å². The first kappa shape index (κ1) is 24.4. The lowest BCUT2D eigenvalue weighted by Crippen LogP contribution is -2.47. The maximum Gasteiger partial charge on any atom is 0.121 e. The van der Waals surface area contributed by atoms with Crippen LogP contribution in [0.1, 0.15) is 29.3 Å². The lowest BCUT2D eigenvalue weighted by atomic mass is 10.0. The second kappa shape index (κ2) is 10.7. The minimum atomic E-state index is -0.0853. The van der Waals surface area contributed by atoms with Crippen LogP contribution in [0.5, 0.6) is 5.75 Å². The summed E-state index contributed by atoms with van der Waals surface area (Å²) in [7, 11) is 8.33. The molecule has 3 aromatic rings. The van der Waals surface area contributed by atoms with Crippen LogP contribution in [0, 0.1) is 0 Å². The summed E-state index contributed by atoms with van der Waals surface area (Å²) >= 11 is 6.42. The topological polar surface area (TPSA) is 33.2 Å². The zero-order valence-corrected chi connectivity index (χ0v) is 21.3. The van der Waals surface area contributed by atoms with Gasteiger partial charge in [0.15, 0.2) is 0 Å². The van der Waals surface area contributed by atoms with Crippen molar-refractivity contribution in [3.05, 3.63) is 88.4 Å². The number of rotatable bonds is 7. The minimum absolute atomic E-state index is 0.0853. The Bertz CT molecular complexity index is 1060. The van der Waals surface area contributed by atoms with E-state index in [0.29, 0.717) is 5.02 Å². The molecule has 0 atom stereocenters. The van der Waals surface area contributed by atoms with Crippen molar-refractivity contribution in [2.45, 2.75) is 25.7 Å². The van der Waals surface area contributed by atoms with Gasteiger partial charge in [-0.05, 0) is 47.9 Å². The van der Waals surface area contributed by atoms with Crippen LogP contribution in [0.25, 0.3) is 0 Å². The van der Waals surface area contributed by atoms with Crippen molar-refractivity contribution >= 4 is 23.0 Å². The first-order chi connectivity index (χ1) is 16.3. The molecule has 34 heavy (non-hydrogen) atoms. The van der Waals surface area contributed by atoms with Crippen molar-refractivity contribution in [3.8, 4) is 5.75 Å². The molecule has 0 bridgehead atoms. The summed E-state index contributed by atoms with van der Waals surface area (Å²) in [4.78, 5) is 9.26. The highest BCUT2D eigenvalue weighted by Gasteiger charge is 2.33. The van der Waals surface area contributed by atoms with E-state index in [1.807, 2.05) is 6.07 Å². The molecule has 0 radical (unpaired) electrons. The van der Waals surface area contributed by atoms with Gasteiger partial charge in [0.25, 0.3) is 0 Å². The van der Waals surface area contributed by atoms with E-state index in [-0.39, 0.29) is 11.9 Å². The molecule has 4 rings (SSSR count). The molecule has 1 saturated heterocycles. The SMILES string of the molecule is CN(C)c1ccccc1CN1CCCN(Cc2ccccc2N(C)C)C1c1cc(Cl)ccc1O. The van der Waals surface area contributed by atoms with Gasteiger partial charge in [-0.2, -0.15) is 0 Å². The van der Waals surface area contributed by atoms with E-state index >= 15 is 0 Å². The third-order valence-electron chi connectivity index (χ3n) is 6.54. The van der Waals surface area contributed by atoms with Gasteiger partial charge in [-0.1, -0.05) is 48.0 Å². The molecule has 1 N–H and O–H groups in total. The second-order valence-corrected chi connectivity index (χ2v) is 9.85. The molecule has 0 aromatic heterocycles. The van der Waals surface area contributed by atoms with E-state index in [4.69, 9.17) is 11.6 Å². The van der Waals surface area contributed by atoms with Crippen LogP contribution in [0.3, 0.4) is 0 Å². The monoisotopic (exact) mass is 478 g/mol. The van der Waals surface area contributed by atoms with Gasteiger partial charge in [0.2, 0.25) is 0 Å². The number of nitrogens with zero attached hydrogens (tertiary/aromatic N) is 4. The molecule has 3 aromatic carbocycles. The van der Waals surface area contributed by atoms with E-state index in [9.17, 15) is 5.11 Å². The van der Waals surface area contributed by atoms with Crippen molar-refractivity contribution in [2.75, 3.05) is 51.1 Å². The normalized spacial score (nSPS) is 15.4. The summed E-state index contributed by atoms with van der Waals surface area (Å²) < 4.78 is 0. The molecule has 1 aliphatic heterocycles. The Morgan fingerprint density at radius 2 is 1.29 bits per heavy atom. The molecule has 5 nitrogen and oxygen atoms in total. The van der Waals surface area contributed by atoms with Crippen molar-refractivity contribution < 1.29 is 5.11 Å². The van der Waals surface area contributed by atoms with Crippen molar-refractivity contribution in [1.29, 1.82) is 0 Å². The van der Waals surface area contributed by atoms with Crippen LogP contribution in [0.4, 0.5) is 11.4 Å². The first-order valence-corrected chi connectivity index (χ1v) is 12.2. The molecule has 0 aliphatic carbocycles. The zero-order chi connectivity index (χ0) is 24.2. The molecule has 1 fully saturated rings. The highest BCUT2D eigenvalue weighted by molar-refractivity contribution is 6.30. The summed E-state index contributed by atoms with van der Waals surface area (Å²) in [5.41, 5.74) is 5.83. The standard InChI is InChI=1S/C28H35ClN4O/c1-30(2)25-12-7-5-10-21(25)19-32-16-9-17-33(20-22-11-6-8-13-26(22)31(3)4)28(32)24-18-23(29)14-15-27(24)34/h5-8,10-15,18,28,34H,9,16-17,19-20H2,1-4H3. The van der Waals surface area contributed by atoms with Crippen LogP contribution in [0.2, 0.25) is 5.02 Å². The fraction of sp³-hybridized carbons (Fsp3) is 0.357. The zero-order valence-electron chi connectivity index (χ0n) is 20.6. The van der Waals surface area contributed by atoms with Crippen LogP contribution in [0.15, 0.2) is 66.7 Å². The van der Waals surface area contributed by atoms with Gasteiger partial charge in [0, 0.05) is 76.3 Å². The van der Waals surface area contributed by atoms with E-state index in [2.05, 4.69) is 96.3 Å². The molecule has 6 heteroatoms. The second-order valence-electron chi connectivity index (χ2n) is 9.42. The molecule has 0 unspecified atom stereocenters. The Hall–Kier alpha value is -2.73. The van der Waals surface area contributed by atoms with Gasteiger partial charge in [-0.3, -0.25) is 9.80 Å². The van der Waals surface area contributed by atoms with Crippen LogP contribution < -0.4 is 9.80 Å². The molecule has 0 spiro atoms. The molecular formula is C28H35ClN4O. The fourth-order valence-corrected chi connectivity index (χ4v) is 5.19. The third-order valence-corrected chi connectivity index (χ3v) is 6.78. The Labute approximate surface area is 208 Å². The maximum absolute atomic E-state index is 10.9. The first-order valence-electron chi connectivity index (χ1n) is 11.8. The Kier molecular flexibility index (Phi) is 7.67. The molecular weight excluding hydrogens is 444 g/mol. The minimum Gasteiger partial charge on any atom is -0.508 e. The Morgan fingerprint density at radius 1 is 0.794 bits per heavy atom. The number of para-hydroxylation sites is 2. The van der Waals surface area contributed by atoms with Crippen LogP contribution in [-0.2, 0) is 13.1 Å². The molecule has 0 saturated carbocycles. The summed E-state index contributed by atoms with van der Waals surface area (Å²) in [6.45, 7) is 3.47. The van der Waals surface area contributed by atoms with Crippen molar-refractivity contribution in [1.82, 2.24) is 9.80 Å². The number of phenols is 1. The third kappa shape index (κ3) is 5.33. The lowest BCUT2D eigenvalue weighted by Gasteiger charge is -2.45. The van der Waals surface area contributed by atoms with Gasteiger partial charge in [-0.25, -0.2) is 0 Å². The maximum atomic E-state index is 10.9. The van der Waals surface area contributed by atoms with Gasteiger partial charge < -0.3 is 14.9 Å². The highest BCUT2D eigenvalue weighted by Crippen LogP contribution is 2.39. The lowest BCUT2D eigenvalue weighted by molar-refractivity contribution is -0.0102. The largest absolute Gasteiger partial charge is 0.508 e. The summed E-state index contributed by atoms with van der Waals surface area (Å²) in [5, 5.41) is 11.6. The van der Waals surface area contributed by atoms with Crippen LogP contribution in [-0.4, -0.2) is 56.2 Å². The quantitative estimate of drug-likeness (QED) is 0.479. The van der Waals surface area contributed by atoms with Gasteiger partial charge >= 0.3 is 0 Å². The molecule has 180 valence electrons. The Morgan fingerprint density at radius 3 is 1.79 bits per heavy atom. The van der Waals surface area contributed by atoms with E-state index < -0.39 is 0 Å². The van der Waals surface area contributed by atoms with Gasteiger partial charge in [0.05, 0.1) is 6.17 Å². The van der Waals surface area contributed by atoms with Gasteiger partial charge in [-0.15, -0.1) is 0 Å². The Balaban J connectivity index is 1.74. The molecule has 1 heterocycles. The van der Waals surface area contributed by atoms with E-state index in [1.54, 1.807) is 12.1 Å².